The number of sulfonamides is 1. The molecular formula is C12H14N2O4S. The van der Waals surface area contributed by atoms with Crippen LogP contribution in [-0.4, -0.2) is 42.9 Å². The fourth-order valence-corrected chi connectivity index (χ4v) is 3.99. The molecule has 7 heteroatoms. The Morgan fingerprint density at radius 2 is 2.16 bits per heavy atom. The van der Waals surface area contributed by atoms with Gasteiger partial charge in [0.2, 0.25) is 15.9 Å². The Balaban J connectivity index is 1.94. The van der Waals surface area contributed by atoms with Crippen molar-refractivity contribution in [1.82, 2.24) is 4.31 Å². The summed E-state index contributed by atoms with van der Waals surface area (Å²) in [5, 5.41) is 12.1. The molecule has 102 valence electrons. The van der Waals surface area contributed by atoms with Crippen molar-refractivity contribution >= 4 is 21.6 Å². The van der Waals surface area contributed by atoms with E-state index in [-0.39, 0.29) is 23.8 Å². The molecule has 0 saturated carbocycles. The van der Waals surface area contributed by atoms with Gasteiger partial charge in [-0.1, -0.05) is 0 Å². The van der Waals surface area contributed by atoms with Gasteiger partial charge in [0.05, 0.1) is 17.4 Å². The maximum atomic E-state index is 12.4. The van der Waals surface area contributed by atoms with Crippen LogP contribution in [0.4, 0.5) is 5.69 Å². The maximum Gasteiger partial charge on any atom is 0.243 e. The lowest BCUT2D eigenvalue weighted by molar-refractivity contribution is -0.115. The molecule has 2 aliphatic rings. The highest BCUT2D eigenvalue weighted by Gasteiger charge is 2.32. The van der Waals surface area contributed by atoms with Gasteiger partial charge in [-0.25, -0.2) is 8.42 Å². The summed E-state index contributed by atoms with van der Waals surface area (Å²) >= 11 is 0. The zero-order chi connectivity index (χ0) is 13.6. The highest BCUT2D eigenvalue weighted by molar-refractivity contribution is 7.89. The molecule has 0 aromatic heterocycles. The van der Waals surface area contributed by atoms with Crippen LogP contribution >= 0.6 is 0 Å². The lowest BCUT2D eigenvalue weighted by Crippen LogP contribution is -2.29. The third-order valence-corrected chi connectivity index (χ3v) is 5.33. The summed E-state index contributed by atoms with van der Waals surface area (Å²) in [6.45, 7) is 0.467. The zero-order valence-electron chi connectivity index (χ0n) is 10.2. The summed E-state index contributed by atoms with van der Waals surface area (Å²) < 4.78 is 26.0. The molecule has 1 unspecified atom stereocenters. The quantitative estimate of drug-likeness (QED) is 0.795. The second-order valence-corrected chi connectivity index (χ2v) is 6.79. The Kier molecular flexibility index (Phi) is 2.84. The number of hydrogen-bond acceptors (Lipinski definition) is 4. The van der Waals surface area contributed by atoms with Crippen LogP contribution in [0.3, 0.4) is 0 Å². The molecule has 0 radical (unpaired) electrons. The second kappa shape index (κ2) is 4.29. The van der Waals surface area contributed by atoms with Crippen LogP contribution in [0.1, 0.15) is 12.0 Å². The number of carbonyl (C=O) groups excluding carboxylic acids is 1. The summed E-state index contributed by atoms with van der Waals surface area (Å²) in [5.74, 6) is -0.124. The Hall–Kier alpha value is -1.44. The lowest BCUT2D eigenvalue weighted by Gasteiger charge is -2.16. The monoisotopic (exact) mass is 282 g/mol. The molecule has 2 aliphatic heterocycles. The number of nitrogens with zero attached hydrogens (tertiary/aromatic N) is 1. The van der Waals surface area contributed by atoms with E-state index in [1.165, 1.54) is 16.4 Å². The molecule has 6 nitrogen and oxygen atoms in total. The van der Waals surface area contributed by atoms with Crippen molar-refractivity contribution < 1.29 is 18.3 Å². The number of β-amino-alcohol motifs (C(OH)–C–C–N with tert-alkyl or cyclic N) is 1. The van der Waals surface area contributed by atoms with Gasteiger partial charge < -0.3 is 10.4 Å². The van der Waals surface area contributed by atoms with Crippen LogP contribution in [-0.2, 0) is 21.2 Å². The third-order valence-electron chi connectivity index (χ3n) is 3.47. The van der Waals surface area contributed by atoms with Crippen molar-refractivity contribution in [2.45, 2.75) is 23.8 Å². The van der Waals surface area contributed by atoms with Gasteiger partial charge in [0.15, 0.2) is 0 Å². The van der Waals surface area contributed by atoms with E-state index in [1.54, 1.807) is 6.07 Å². The summed E-state index contributed by atoms with van der Waals surface area (Å²) in [4.78, 5) is 11.4. The molecule has 2 N–H and O–H groups in total. The number of aliphatic hydroxyl groups excluding tert-OH is 1. The van der Waals surface area contributed by atoms with E-state index >= 15 is 0 Å². The first-order valence-electron chi connectivity index (χ1n) is 6.08. The smallest absolute Gasteiger partial charge is 0.243 e. The SMILES string of the molecule is O=C1Cc2cc(S(=O)(=O)N3CCC(O)C3)ccc2N1. The van der Waals surface area contributed by atoms with Crippen molar-refractivity contribution in [3.8, 4) is 0 Å². The molecule has 1 atom stereocenters. The number of benzene rings is 1. The highest BCUT2D eigenvalue weighted by atomic mass is 32.2. The molecule has 0 spiro atoms. The number of hydrogen-bond donors (Lipinski definition) is 2. The number of rotatable bonds is 2. The lowest BCUT2D eigenvalue weighted by atomic mass is 10.2. The van der Waals surface area contributed by atoms with E-state index in [1.807, 2.05) is 0 Å². The molecule has 2 heterocycles. The van der Waals surface area contributed by atoms with Crippen LogP contribution in [0.2, 0.25) is 0 Å². The molecule has 19 heavy (non-hydrogen) atoms. The second-order valence-electron chi connectivity index (χ2n) is 4.85. The molecule has 1 aromatic rings. The van der Waals surface area contributed by atoms with Crippen LogP contribution in [0, 0.1) is 0 Å². The van der Waals surface area contributed by atoms with E-state index in [2.05, 4.69) is 5.32 Å². The van der Waals surface area contributed by atoms with Crippen molar-refractivity contribution in [3.63, 3.8) is 0 Å². The topological polar surface area (TPSA) is 86.7 Å². The average Bonchev–Trinajstić information content (AvgIpc) is 2.93. The first-order chi connectivity index (χ1) is 8.96. The number of anilines is 1. The predicted molar refractivity (Wildman–Crippen MR) is 68.2 cm³/mol. The van der Waals surface area contributed by atoms with Crippen molar-refractivity contribution in [3.05, 3.63) is 23.8 Å². The van der Waals surface area contributed by atoms with Gasteiger partial charge >= 0.3 is 0 Å². The van der Waals surface area contributed by atoms with Gasteiger partial charge in [-0.05, 0) is 30.2 Å². The first-order valence-corrected chi connectivity index (χ1v) is 7.52. The molecule has 1 saturated heterocycles. The molecule has 0 aliphatic carbocycles. The fraction of sp³-hybridized carbons (Fsp3) is 0.417. The molecular weight excluding hydrogens is 268 g/mol. The average molecular weight is 282 g/mol. The standard InChI is InChI=1S/C12H14N2O4S/c15-9-3-4-14(7-9)19(17,18)10-1-2-11-8(5-10)6-12(16)13-11/h1-2,5,9,15H,3-4,6-7H2,(H,13,16). The van der Waals surface area contributed by atoms with E-state index in [0.717, 1.165) is 0 Å². The normalized spacial score (nSPS) is 23.4. The number of nitrogens with one attached hydrogen (secondary N) is 1. The van der Waals surface area contributed by atoms with Gasteiger partial charge in [-0.15, -0.1) is 0 Å². The highest BCUT2D eigenvalue weighted by Crippen LogP contribution is 2.28. The Bertz CT molecular complexity index is 641. The van der Waals surface area contributed by atoms with E-state index in [9.17, 15) is 18.3 Å². The van der Waals surface area contributed by atoms with Crippen LogP contribution in [0.15, 0.2) is 23.1 Å². The summed E-state index contributed by atoms with van der Waals surface area (Å²) in [7, 11) is -3.58. The number of amides is 1. The molecule has 1 fully saturated rings. The summed E-state index contributed by atoms with van der Waals surface area (Å²) in [5.41, 5.74) is 1.37. The molecule has 1 amide bonds. The predicted octanol–water partition coefficient (Wildman–Crippen LogP) is -0.0635. The number of fused-ring (bicyclic) bond motifs is 1. The largest absolute Gasteiger partial charge is 0.392 e. The minimum Gasteiger partial charge on any atom is -0.392 e. The maximum absolute atomic E-state index is 12.4. The van der Waals surface area contributed by atoms with Gasteiger partial charge in [-0.2, -0.15) is 4.31 Å². The minimum atomic E-state index is -3.58. The van der Waals surface area contributed by atoms with Crippen molar-refractivity contribution in [2.24, 2.45) is 0 Å². The number of carbonyl (C=O) groups is 1. The number of aliphatic hydroxyl groups is 1. The van der Waals surface area contributed by atoms with Crippen molar-refractivity contribution in [2.75, 3.05) is 18.4 Å². The zero-order valence-corrected chi connectivity index (χ0v) is 11.0. The van der Waals surface area contributed by atoms with Gasteiger partial charge in [0, 0.05) is 18.8 Å². The van der Waals surface area contributed by atoms with Crippen LogP contribution < -0.4 is 5.32 Å². The van der Waals surface area contributed by atoms with E-state index < -0.39 is 16.1 Å². The third kappa shape index (κ3) is 2.13. The summed E-state index contributed by atoms with van der Waals surface area (Å²) in [6, 6.07) is 4.64. The van der Waals surface area contributed by atoms with Gasteiger partial charge in [0.25, 0.3) is 0 Å². The Morgan fingerprint density at radius 1 is 1.37 bits per heavy atom. The van der Waals surface area contributed by atoms with Gasteiger partial charge in [-0.3, -0.25) is 4.79 Å². The van der Waals surface area contributed by atoms with E-state index in [4.69, 9.17) is 0 Å². The minimum absolute atomic E-state index is 0.124. The van der Waals surface area contributed by atoms with Gasteiger partial charge in [0.1, 0.15) is 0 Å². The molecule has 0 bridgehead atoms. The van der Waals surface area contributed by atoms with Crippen LogP contribution in [0.5, 0.6) is 0 Å². The van der Waals surface area contributed by atoms with E-state index in [0.29, 0.717) is 24.2 Å². The molecule has 3 rings (SSSR count). The van der Waals surface area contributed by atoms with Crippen molar-refractivity contribution in [1.29, 1.82) is 0 Å². The fourth-order valence-electron chi connectivity index (χ4n) is 2.44. The van der Waals surface area contributed by atoms with Crippen LogP contribution in [0.25, 0.3) is 0 Å². The Morgan fingerprint density at radius 3 is 2.84 bits per heavy atom. The first kappa shape index (κ1) is 12.6. The molecule has 1 aromatic carbocycles. The summed E-state index contributed by atoms with van der Waals surface area (Å²) in [6.07, 6.45) is 0.0818. The Labute approximate surface area is 111 Å².